The van der Waals surface area contributed by atoms with Crippen LogP contribution in [0.3, 0.4) is 0 Å². The van der Waals surface area contributed by atoms with Gasteiger partial charge >= 0.3 is 12.1 Å². The average molecular weight is 644 g/mol. The molecule has 1 aromatic heterocycles. The van der Waals surface area contributed by atoms with Gasteiger partial charge in [-0.2, -0.15) is 17.5 Å². The molecule has 2 heterocycles. The Morgan fingerprint density at radius 3 is 2.36 bits per heavy atom. The third kappa shape index (κ3) is 5.83. The number of carbonyl (C=O) groups is 2. The zero-order valence-electron chi connectivity index (χ0n) is 23.6. The van der Waals surface area contributed by atoms with Gasteiger partial charge in [0.1, 0.15) is 11.6 Å². The number of amides is 1. The van der Waals surface area contributed by atoms with Crippen molar-refractivity contribution >= 4 is 32.7 Å². The number of aliphatic hydroxyl groups excluding tert-OH is 1. The van der Waals surface area contributed by atoms with Gasteiger partial charge in [-0.1, -0.05) is 54.6 Å². The maximum Gasteiger partial charge on any atom is 0.416 e. The van der Waals surface area contributed by atoms with E-state index in [4.69, 9.17) is 5.73 Å². The van der Waals surface area contributed by atoms with Crippen molar-refractivity contribution in [3.63, 3.8) is 0 Å². The number of aliphatic hydroxyl groups is 1. The van der Waals surface area contributed by atoms with Gasteiger partial charge in [-0.15, -0.1) is 0 Å². The van der Waals surface area contributed by atoms with E-state index < -0.39 is 67.9 Å². The molecule has 0 bridgehead atoms. The van der Waals surface area contributed by atoms with E-state index in [1.54, 1.807) is 42.5 Å². The Bertz CT molecular complexity index is 1990. The van der Waals surface area contributed by atoms with E-state index in [9.17, 15) is 46.2 Å². The number of benzene rings is 3. The van der Waals surface area contributed by atoms with Crippen LogP contribution in [0.15, 0.2) is 76.6 Å². The van der Waals surface area contributed by atoms with Crippen molar-refractivity contribution in [1.29, 1.82) is 0 Å². The number of primary amides is 1. The van der Waals surface area contributed by atoms with E-state index in [0.29, 0.717) is 21.6 Å². The number of aromatic nitrogens is 1. The van der Waals surface area contributed by atoms with Crippen molar-refractivity contribution in [2.24, 2.45) is 5.73 Å². The summed E-state index contributed by atoms with van der Waals surface area (Å²) < 4.78 is 71.6. The topological polar surface area (TPSA) is 160 Å². The number of sulfonamides is 1. The average Bonchev–Trinajstić information content (AvgIpc) is 2.98. The second-order valence-electron chi connectivity index (χ2n) is 10.6. The molecule has 0 saturated carbocycles. The SMILES string of the molecule is NC(=O)c1c(Cc2cccc3ccccc23)c(-c2cccc(C(F)(F)F)c2)c2n(c1=O)C(C(=O)O)CN(CCCCO)S2(=O)=O. The first kappa shape index (κ1) is 31.9. The molecule has 0 spiro atoms. The number of carbonyl (C=O) groups excluding carboxylic acids is 1. The van der Waals surface area contributed by atoms with Gasteiger partial charge in [0.25, 0.3) is 21.5 Å². The number of nitrogens with zero attached hydrogens (tertiary/aromatic N) is 2. The number of halogens is 3. The largest absolute Gasteiger partial charge is 0.480 e. The number of nitrogens with two attached hydrogens (primary N) is 1. The minimum Gasteiger partial charge on any atom is -0.480 e. The van der Waals surface area contributed by atoms with E-state index in [1.165, 1.54) is 6.07 Å². The van der Waals surface area contributed by atoms with Gasteiger partial charge in [-0.3, -0.25) is 14.2 Å². The molecule has 1 aliphatic heterocycles. The standard InChI is InChI=1S/C31H28F3N3O7S/c32-31(33,34)21-11-6-10-20(15-21)25-23(16-19-9-5-8-18-7-1-2-12-22(18)19)26(27(35)39)28(40)37-24(30(41)42)17-36(13-3-4-14-38)45(43,44)29(25)37/h1-2,5-12,15,24,38H,3-4,13-14,16-17H2,(H2,35,39)(H,41,42). The minimum atomic E-state index is -4.84. The highest BCUT2D eigenvalue weighted by Crippen LogP contribution is 2.41. The molecule has 5 rings (SSSR count). The lowest BCUT2D eigenvalue weighted by atomic mass is 9.89. The van der Waals surface area contributed by atoms with E-state index in [-0.39, 0.29) is 43.5 Å². The van der Waals surface area contributed by atoms with Crippen LogP contribution in [0.25, 0.3) is 21.9 Å². The first-order chi connectivity index (χ1) is 21.3. The van der Waals surface area contributed by atoms with Gasteiger partial charge < -0.3 is 15.9 Å². The fraction of sp³-hybridized carbons (Fsp3) is 0.258. The lowest BCUT2D eigenvalue weighted by Crippen LogP contribution is -2.51. The summed E-state index contributed by atoms with van der Waals surface area (Å²) in [6.45, 7) is -1.20. The first-order valence-corrected chi connectivity index (χ1v) is 15.3. The highest BCUT2D eigenvalue weighted by molar-refractivity contribution is 7.89. The molecule has 45 heavy (non-hydrogen) atoms. The summed E-state index contributed by atoms with van der Waals surface area (Å²) in [5.41, 5.74) is 2.07. The highest BCUT2D eigenvalue weighted by atomic mass is 32.2. The molecule has 4 N–H and O–H groups in total. The monoisotopic (exact) mass is 643 g/mol. The molecule has 14 heteroatoms. The van der Waals surface area contributed by atoms with Crippen molar-refractivity contribution in [1.82, 2.24) is 8.87 Å². The lowest BCUT2D eigenvalue weighted by Gasteiger charge is -2.35. The van der Waals surface area contributed by atoms with Crippen LogP contribution in [0.1, 0.15) is 45.9 Å². The molecule has 1 amide bonds. The number of carboxylic acid groups (broad SMARTS) is 1. The summed E-state index contributed by atoms with van der Waals surface area (Å²) in [6, 6.07) is 14.1. The molecule has 0 radical (unpaired) electrons. The Morgan fingerprint density at radius 2 is 1.69 bits per heavy atom. The normalized spacial score (nSPS) is 16.4. The highest BCUT2D eigenvalue weighted by Gasteiger charge is 2.45. The predicted molar refractivity (Wildman–Crippen MR) is 158 cm³/mol. The summed E-state index contributed by atoms with van der Waals surface area (Å²) in [4.78, 5) is 39.5. The van der Waals surface area contributed by atoms with Gasteiger partial charge in [0.2, 0.25) is 0 Å². The van der Waals surface area contributed by atoms with Crippen LogP contribution in [0.5, 0.6) is 0 Å². The number of alkyl halides is 3. The number of aliphatic carboxylic acids is 1. The summed E-state index contributed by atoms with van der Waals surface area (Å²) >= 11 is 0. The van der Waals surface area contributed by atoms with Crippen LogP contribution in [-0.2, 0) is 27.4 Å². The third-order valence-electron chi connectivity index (χ3n) is 7.81. The van der Waals surface area contributed by atoms with Crippen molar-refractivity contribution in [2.75, 3.05) is 19.7 Å². The number of pyridine rings is 1. The Morgan fingerprint density at radius 1 is 1.00 bits per heavy atom. The molecule has 4 aromatic rings. The van der Waals surface area contributed by atoms with Crippen molar-refractivity contribution < 1.29 is 41.4 Å². The molecule has 10 nitrogen and oxygen atoms in total. The molecule has 0 saturated heterocycles. The van der Waals surface area contributed by atoms with Gasteiger partial charge in [-0.05, 0) is 58.9 Å². The minimum absolute atomic E-state index is 0.132. The van der Waals surface area contributed by atoms with Gasteiger partial charge in [0.15, 0.2) is 5.03 Å². The third-order valence-corrected chi connectivity index (χ3v) is 9.72. The van der Waals surface area contributed by atoms with Crippen LogP contribution >= 0.6 is 0 Å². The number of carboxylic acids is 1. The predicted octanol–water partition coefficient (Wildman–Crippen LogP) is 3.78. The molecule has 1 aliphatic rings. The molecule has 3 aromatic carbocycles. The van der Waals surface area contributed by atoms with Crippen LogP contribution in [-0.4, -0.2) is 59.1 Å². The molecule has 0 fully saturated rings. The quantitative estimate of drug-likeness (QED) is 0.234. The fourth-order valence-electron chi connectivity index (χ4n) is 5.76. The summed E-state index contributed by atoms with van der Waals surface area (Å²) in [7, 11) is -4.76. The van der Waals surface area contributed by atoms with Gasteiger partial charge in [-0.25, -0.2) is 13.2 Å². The van der Waals surface area contributed by atoms with Crippen molar-refractivity contribution in [3.8, 4) is 11.1 Å². The van der Waals surface area contributed by atoms with Crippen LogP contribution < -0.4 is 11.3 Å². The van der Waals surface area contributed by atoms with Crippen LogP contribution in [0.4, 0.5) is 13.2 Å². The number of unbranched alkanes of at least 4 members (excludes halogenated alkanes) is 1. The van der Waals surface area contributed by atoms with Crippen LogP contribution in [0.2, 0.25) is 0 Å². The number of hydrogen-bond acceptors (Lipinski definition) is 6. The van der Waals surface area contributed by atoms with Crippen molar-refractivity contribution in [3.05, 3.63) is 99.3 Å². The van der Waals surface area contributed by atoms with Gasteiger partial charge in [0, 0.05) is 25.3 Å². The number of hydrogen-bond donors (Lipinski definition) is 3. The van der Waals surface area contributed by atoms with E-state index in [1.807, 2.05) is 0 Å². The Hall–Kier alpha value is -4.53. The van der Waals surface area contributed by atoms with E-state index in [2.05, 4.69) is 0 Å². The molecule has 0 aliphatic carbocycles. The van der Waals surface area contributed by atoms with E-state index in [0.717, 1.165) is 21.8 Å². The van der Waals surface area contributed by atoms with Gasteiger partial charge in [0.05, 0.1) is 5.56 Å². The fourth-order valence-corrected chi connectivity index (χ4v) is 7.67. The zero-order chi connectivity index (χ0) is 32.7. The Kier molecular flexibility index (Phi) is 8.58. The van der Waals surface area contributed by atoms with Crippen LogP contribution in [0, 0.1) is 0 Å². The number of rotatable bonds is 9. The maximum atomic E-state index is 14.3. The molecular formula is C31H28F3N3O7S. The smallest absolute Gasteiger partial charge is 0.416 e. The summed E-state index contributed by atoms with van der Waals surface area (Å²) in [6.07, 6.45) is -4.83. The van der Waals surface area contributed by atoms with E-state index >= 15 is 0 Å². The Labute approximate surface area is 255 Å². The molecule has 1 atom stereocenters. The van der Waals surface area contributed by atoms with Crippen molar-refractivity contribution in [2.45, 2.75) is 36.5 Å². The maximum absolute atomic E-state index is 14.3. The molecule has 236 valence electrons. The Balaban J connectivity index is 1.95. The second kappa shape index (κ2) is 12.1. The molecule has 1 unspecified atom stereocenters. The molecular weight excluding hydrogens is 615 g/mol. The summed E-state index contributed by atoms with van der Waals surface area (Å²) in [5.74, 6) is -2.90. The summed E-state index contributed by atoms with van der Waals surface area (Å²) in [5, 5.41) is 20.0. The first-order valence-electron chi connectivity index (χ1n) is 13.9. The zero-order valence-corrected chi connectivity index (χ0v) is 24.4. The lowest BCUT2D eigenvalue weighted by molar-refractivity contribution is -0.141. The number of fused-ring (bicyclic) bond motifs is 2. The second-order valence-corrected chi connectivity index (χ2v) is 12.5.